The number of nitrogens with one attached hydrogen (secondary N) is 1. The van der Waals surface area contributed by atoms with Crippen LogP contribution in [-0.4, -0.2) is 44.7 Å². The van der Waals surface area contributed by atoms with Crippen molar-refractivity contribution in [3.05, 3.63) is 0 Å². The van der Waals surface area contributed by atoms with E-state index in [1.54, 1.807) is 0 Å². The molecule has 1 rings (SSSR count). The number of hydrogen-bond donors (Lipinski definition) is 2. The van der Waals surface area contributed by atoms with Crippen LogP contribution in [0, 0.1) is 5.92 Å². The first-order valence-electron chi connectivity index (χ1n) is 5.82. The standard InChI is InChI=1S/C11H25N3/c1-14(2)8-7-13-11(9-12)10-5-3-4-6-10/h10-11,13H,3-9,12H2,1-2H3. The SMILES string of the molecule is CN(C)CCNC(CN)C1CCCC1. The molecule has 3 nitrogen and oxygen atoms in total. The second kappa shape index (κ2) is 6.38. The van der Waals surface area contributed by atoms with E-state index in [0.717, 1.165) is 25.6 Å². The summed E-state index contributed by atoms with van der Waals surface area (Å²) in [5, 5.41) is 3.58. The highest BCUT2D eigenvalue weighted by atomic mass is 15.1. The topological polar surface area (TPSA) is 41.3 Å². The minimum atomic E-state index is 0.553. The zero-order valence-corrected chi connectivity index (χ0v) is 9.63. The second-order valence-electron chi connectivity index (χ2n) is 4.64. The largest absolute Gasteiger partial charge is 0.329 e. The molecule has 0 heterocycles. The summed E-state index contributed by atoms with van der Waals surface area (Å²) in [5.41, 5.74) is 5.79. The van der Waals surface area contributed by atoms with Crippen LogP contribution in [0.2, 0.25) is 0 Å². The summed E-state index contributed by atoms with van der Waals surface area (Å²) < 4.78 is 0. The summed E-state index contributed by atoms with van der Waals surface area (Å²) in [6.07, 6.45) is 5.54. The van der Waals surface area contributed by atoms with Crippen LogP contribution < -0.4 is 11.1 Å². The van der Waals surface area contributed by atoms with Crippen LogP contribution in [0.3, 0.4) is 0 Å². The van der Waals surface area contributed by atoms with Gasteiger partial charge in [-0.1, -0.05) is 12.8 Å². The number of nitrogens with two attached hydrogens (primary N) is 1. The third-order valence-corrected chi connectivity index (χ3v) is 3.19. The van der Waals surface area contributed by atoms with E-state index < -0.39 is 0 Å². The van der Waals surface area contributed by atoms with Gasteiger partial charge in [-0.05, 0) is 32.9 Å². The Kier molecular flexibility index (Phi) is 5.45. The fourth-order valence-electron chi connectivity index (χ4n) is 2.28. The van der Waals surface area contributed by atoms with Gasteiger partial charge in [-0.25, -0.2) is 0 Å². The van der Waals surface area contributed by atoms with Crippen LogP contribution in [0.5, 0.6) is 0 Å². The number of hydrogen-bond acceptors (Lipinski definition) is 3. The molecule has 0 saturated heterocycles. The highest BCUT2D eigenvalue weighted by Crippen LogP contribution is 2.27. The summed E-state index contributed by atoms with van der Waals surface area (Å²) in [7, 11) is 4.21. The van der Waals surface area contributed by atoms with Crippen molar-refractivity contribution < 1.29 is 0 Å². The molecule has 1 aliphatic carbocycles. The quantitative estimate of drug-likeness (QED) is 0.660. The Balaban J connectivity index is 2.17. The molecule has 0 amide bonds. The summed E-state index contributed by atoms with van der Waals surface area (Å²) in [5.74, 6) is 0.835. The molecule has 0 aromatic carbocycles. The van der Waals surface area contributed by atoms with Crippen molar-refractivity contribution in [1.29, 1.82) is 0 Å². The van der Waals surface area contributed by atoms with Crippen LogP contribution in [0.4, 0.5) is 0 Å². The molecule has 3 N–H and O–H groups in total. The predicted octanol–water partition coefficient (Wildman–Crippen LogP) is 0.655. The lowest BCUT2D eigenvalue weighted by molar-refractivity contribution is 0.333. The van der Waals surface area contributed by atoms with Gasteiger partial charge in [0, 0.05) is 25.7 Å². The summed E-state index contributed by atoms with van der Waals surface area (Å²) >= 11 is 0. The first-order valence-corrected chi connectivity index (χ1v) is 5.82. The van der Waals surface area contributed by atoms with Gasteiger partial charge in [-0.2, -0.15) is 0 Å². The van der Waals surface area contributed by atoms with E-state index >= 15 is 0 Å². The Bertz CT molecular complexity index is 141. The lowest BCUT2D eigenvalue weighted by Crippen LogP contribution is -2.43. The van der Waals surface area contributed by atoms with Crippen molar-refractivity contribution in [2.24, 2.45) is 11.7 Å². The van der Waals surface area contributed by atoms with Crippen LogP contribution in [-0.2, 0) is 0 Å². The number of likely N-dealkylation sites (N-methyl/N-ethyl adjacent to an activating group) is 1. The third kappa shape index (κ3) is 3.95. The molecule has 1 aliphatic rings. The van der Waals surface area contributed by atoms with E-state index in [-0.39, 0.29) is 0 Å². The smallest absolute Gasteiger partial charge is 0.0219 e. The van der Waals surface area contributed by atoms with Crippen molar-refractivity contribution >= 4 is 0 Å². The van der Waals surface area contributed by atoms with Crippen molar-refractivity contribution in [2.75, 3.05) is 33.7 Å². The molecular weight excluding hydrogens is 174 g/mol. The van der Waals surface area contributed by atoms with Crippen LogP contribution in [0.1, 0.15) is 25.7 Å². The highest BCUT2D eigenvalue weighted by molar-refractivity contribution is 4.81. The van der Waals surface area contributed by atoms with E-state index in [9.17, 15) is 0 Å². The Morgan fingerprint density at radius 2 is 2.00 bits per heavy atom. The van der Waals surface area contributed by atoms with E-state index in [2.05, 4.69) is 24.3 Å². The molecule has 1 saturated carbocycles. The van der Waals surface area contributed by atoms with E-state index in [1.165, 1.54) is 25.7 Å². The average molecular weight is 199 g/mol. The number of nitrogens with zero attached hydrogens (tertiary/aromatic N) is 1. The molecule has 0 aromatic rings. The lowest BCUT2D eigenvalue weighted by atomic mass is 9.98. The average Bonchev–Trinajstić information content (AvgIpc) is 2.64. The molecule has 1 fully saturated rings. The fourth-order valence-corrected chi connectivity index (χ4v) is 2.28. The Labute approximate surface area is 88.0 Å². The molecule has 0 aliphatic heterocycles. The molecule has 84 valence electrons. The molecule has 0 aromatic heterocycles. The normalized spacial score (nSPS) is 20.6. The summed E-state index contributed by atoms with van der Waals surface area (Å²) in [6.45, 7) is 2.95. The lowest BCUT2D eigenvalue weighted by Gasteiger charge is -2.24. The third-order valence-electron chi connectivity index (χ3n) is 3.19. The van der Waals surface area contributed by atoms with E-state index in [0.29, 0.717) is 6.04 Å². The van der Waals surface area contributed by atoms with E-state index in [1.807, 2.05) is 0 Å². The van der Waals surface area contributed by atoms with Crippen molar-refractivity contribution in [1.82, 2.24) is 10.2 Å². The fraction of sp³-hybridized carbons (Fsp3) is 1.00. The van der Waals surface area contributed by atoms with Gasteiger partial charge in [0.25, 0.3) is 0 Å². The van der Waals surface area contributed by atoms with Gasteiger partial charge in [0.1, 0.15) is 0 Å². The summed E-state index contributed by atoms with van der Waals surface area (Å²) in [4.78, 5) is 2.20. The van der Waals surface area contributed by atoms with Crippen LogP contribution in [0.25, 0.3) is 0 Å². The van der Waals surface area contributed by atoms with Crippen molar-refractivity contribution in [3.63, 3.8) is 0 Å². The zero-order valence-electron chi connectivity index (χ0n) is 9.63. The van der Waals surface area contributed by atoms with E-state index in [4.69, 9.17) is 5.73 Å². The minimum Gasteiger partial charge on any atom is -0.329 e. The Morgan fingerprint density at radius 3 is 2.50 bits per heavy atom. The van der Waals surface area contributed by atoms with Gasteiger partial charge >= 0.3 is 0 Å². The van der Waals surface area contributed by atoms with Gasteiger partial charge in [-0.3, -0.25) is 0 Å². The molecule has 0 radical (unpaired) electrons. The molecule has 1 unspecified atom stereocenters. The van der Waals surface area contributed by atoms with Gasteiger partial charge < -0.3 is 16.0 Å². The van der Waals surface area contributed by atoms with Crippen molar-refractivity contribution in [2.45, 2.75) is 31.7 Å². The highest BCUT2D eigenvalue weighted by Gasteiger charge is 2.23. The van der Waals surface area contributed by atoms with Gasteiger partial charge in [0.05, 0.1) is 0 Å². The first kappa shape index (κ1) is 12.0. The van der Waals surface area contributed by atoms with Gasteiger partial charge in [0.15, 0.2) is 0 Å². The zero-order chi connectivity index (χ0) is 10.4. The maximum Gasteiger partial charge on any atom is 0.0219 e. The molecule has 14 heavy (non-hydrogen) atoms. The summed E-state index contributed by atoms with van der Waals surface area (Å²) in [6, 6.07) is 0.553. The van der Waals surface area contributed by atoms with Crippen molar-refractivity contribution in [3.8, 4) is 0 Å². The molecule has 1 atom stereocenters. The molecule has 3 heteroatoms. The molecule has 0 bridgehead atoms. The predicted molar refractivity (Wildman–Crippen MR) is 61.4 cm³/mol. The molecular formula is C11H25N3. The van der Waals surface area contributed by atoms with Crippen LogP contribution in [0.15, 0.2) is 0 Å². The van der Waals surface area contributed by atoms with Crippen LogP contribution >= 0.6 is 0 Å². The maximum atomic E-state index is 5.79. The monoisotopic (exact) mass is 199 g/mol. The Morgan fingerprint density at radius 1 is 1.36 bits per heavy atom. The molecule has 0 spiro atoms. The first-order chi connectivity index (χ1) is 6.74. The van der Waals surface area contributed by atoms with Gasteiger partial charge in [0.2, 0.25) is 0 Å². The van der Waals surface area contributed by atoms with Gasteiger partial charge in [-0.15, -0.1) is 0 Å². The second-order valence-corrected chi connectivity index (χ2v) is 4.64. The number of rotatable bonds is 6. The Hall–Kier alpha value is -0.120. The minimum absolute atomic E-state index is 0.553. The maximum absolute atomic E-state index is 5.79.